The molecule has 116 valence electrons. The van der Waals surface area contributed by atoms with E-state index in [0.717, 1.165) is 24.3 Å². The summed E-state index contributed by atoms with van der Waals surface area (Å²) >= 11 is 5.96. The molecule has 3 nitrogen and oxygen atoms in total. The lowest BCUT2D eigenvalue weighted by atomic mass is 9.94. The van der Waals surface area contributed by atoms with Crippen LogP contribution in [0.1, 0.15) is 52.5 Å². The van der Waals surface area contributed by atoms with E-state index in [0.29, 0.717) is 6.04 Å². The summed E-state index contributed by atoms with van der Waals surface area (Å²) in [5.74, 6) is 0.0195. The number of halogens is 1. The van der Waals surface area contributed by atoms with Gasteiger partial charge in [-0.1, -0.05) is 23.7 Å². The summed E-state index contributed by atoms with van der Waals surface area (Å²) in [4.78, 5) is 11.2. The maximum absolute atomic E-state index is 11.2. The van der Waals surface area contributed by atoms with E-state index in [2.05, 4.69) is 43.5 Å². The molecule has 2 rings (SSSR count). The van der Waals surface area contributed by atoms with Crippen molar-refractivity contribution >= 4 is 17.5 Å². The average Bonchev–Trinajstić information content (AvgIpc) is 3.07. The number of hydrogen-bond donors (Lipinski definition) is 2. The van der Waals surface area contributed by atoms with E-state index in [1.165, 1.54) is 5.56 Å². The van der Waals surface area contributed by atoms with Gasteiger partial charge >= 0.3 is 0 Å². The zero-order valence-electron chi connectivity index (χ0n) is 13.3. The Morgan fingerprint density at radius 2 is 1.90 bits per heavy atom. The third-order valence-electron chi connectivity index (χ3n) is 4.00. The summed E-state index contributed by atoms with van der Waals surface area (Å²) in [7, 11) is 0. The van der Waals surface area contributed by atoms with Crippen LogP contribution in [0, 0.1) is 0 Å². The molecule has 0 aromatic heterocycles. The molecule has 0 bridgehead atoms. The Kier molecular flexibility index (Phi) is 4.64. The smallest absolute Gasteiger partial charge is 0.217 e. The quantitative estimate of drug-likeness (QED) is 0.843. The predicted octanol–water partition coefficient (Wildman–Crippen LogP) is 3.61. The molecule has 21 heavy (non-hydrogen) atoms. The molecule has 0 aliphatic heterocycles. The van der Waals surface area contributed by atoms with Gasteiger partial charge in [-0.15, -0.1) is 0 Å². The Labute approximate surface area is 132 Å². The van der Waals surface area contributed by atoms with Crippen molar-refractivity contribution in [1.29, 1.82) is 0 Å². The van der Waals surface area contributed by atoms with Crippen LogP contribution in [-0.2, 0) is 10.3 Å². The Balaban J connectivity index is 1.97. The normalized spacial score (nSPS) is 18.1. The largest absolute Gasteiger partial charge is 0.351 e. The van der Waals surface area contributed by atoms with E-state index < -0.39 is 0 Å². The molecule has 1 amide bonds. The first-order valence-corrected chi connectivity index (χ1v) is 7.93. The first-order chi connectivity index (χ1) is 9.72. The van der Waals surface area contributed by atoms with Crippen molar-refractivity contribution in [3.63, 3.8) is 0 Å². The molecular formula is C17H25ClN2O. The number of benzene rings is 1. The first kappa shape index (κ1) is 16.3. The third kappa shape index (κ3) is 4.45. The van der Waals surface area contributed by atoms with Gasteiger partial charge in [-0.25, -0.2) is 0 Å². The highest BCUT2D eigenvalue weighted by Gasteiger charge is 2.45. The Hall–Kier alpha value is -1.06. The van der Waals surface area contributed by atoms with Crippen LogP contribution >= 0.6 is 11.6 Å². The fourth-order valence-electron chi connectivity index (χ4n) is 3.23. The van der Waals surface area contributed by atoms with Crippen LogP contribution < -0.4 is 10.6 Å². The number of amides is 1. The molecule has 1 aliphatic rings. The van der Waals surface area contributed by atoms with Crippen LogP contribution in [-0.4, -0.2) is 17.5 Å². The summed E-state index contributed by atoms with van der Waals surface area (Å²) < 4.78 is 0. The van der Waals surface area contributed by atoms with Crippen molar-refractivity contribution in [1.82, 2.24) is 10.6 Å². The fourth-order valence-corrected chi connectivity index (χ4v) is 3.35. The Bertz CT molecular complexity index is 506. The second-order valence-electron chi connectivity index (χ2n) is 6.90. The Morgan fingerprint density at radius 1 is 1.33 bits per heavy atom. The maximum atomic E-state index is 11.2. The monoisotopic (exact) mass is 308 g/mol. The summed E-state index contributed by atoms with van der Waals surface area (Å²) in [6.45, 7) is 7.87. The molecule has 1 atom stereocenters. The van der Waals surface area contributed by atoms with Crippen LogP contribution in [0.4, 0.5) is 0 Å². The molecule has 1 aromatic carbocycles. The van der Waals surface area contributed by atoms with Crippen LogP contribution in [0.25, 0.3) is 0 Å². The summed E-state index contributed by atoms with van der Waals surface area (Å²) in [5.41, 5.74) is 1.20. The fraction of sp³-hybridized carbons (Fsp3) is 0.588. The molecule has 0 heterocycles. The van der Waals surface area contributed by atoms with E-state index in [9.17, 15) is 4.79 Å². The molecule has 1 saturated carbocycles. The topological polar surface area (TPSA) is 41.1 Å². The minimum absolute atomic E-state index is 0.0195. The lowest BCUT2D eigenvalue weighted by Gasteiger charge is -2.32. The van der Waals surface area contributed by atoms with E-state index >= 15 is 0 Å². The molecule has 0 spiro atoms. The molecule has 0 saturated heterocycles. The summed E-state index contributed by atoms with van der Waals surface area (Å²) in [6.07, 6.45) is 3.20. The van der Waals surface area contributed by atoms with Gasteiger partial charge in [0.1, 0.15) is 0 Å². The standard InChI is InChI=1S/C17H25ClN2O/c1-12(11-16(3,4)20-13(2)21)19-17(9-10-17)14-5-7-15(18)8-6-14/h5-8,12,19H,9-11H2,1-4H3,(H,20,21)/t12-/m0/s1. The zero-order valence-corrected chi connectivity index (χ0v) is 14.1. The van der Waals surface area contributed by atoms with Gasteiger partial charge in [0.05, 0.1) is 0 Å². The van der Waals surface area contributed by atoms with Crippen molar-refractivity contribution in [3.8, 4) is 0 Å². The van der Waals surface area contributed by atoms with Gasteiger partial charge in [-0.3, -0.25) is 4.79 Å². The summed E-state index contributed by atoms with van der Waals surface area (Å²) in [6, 6.07) is 8.43. The van der Waals surface area contributed by atoms with Gasteiger partial charge < -0.3 is 10.6 Å². The van der Waals surface area contributed by atoms with Crippen molar-refractivity contribution in [2.75, 3.05) is 0 Å². The molecule has 1 aromatic rings. The number of carbonyl (C=O) groups is 1. The van der Waals surface area contributed by atoms with Gasteiger partial charge in [-0.2, -0.15) is 0 Å². The van der Waals surface area contributed by atoms with Crippen LogP contribution in [0.2, 0.25) is 5.02 Å². The molecule has 0 unspecified atom stereocenters. The van der Waals surface area contributed by atoms with Crippen molar-refractivity contribution in [2.45, 2.75) is 64.1 Å². The lowest BCUT2D eigenvalue weighted by Crippen LogP contribution is -2.48. The second kappa shape index (κ2) is 5.98. The van der Waals surface area contributed by atoms with Crippen LogP contribution in [0.15, 0.2) is 24.3 Å². The molecule has 0 radical (unpaired) electrons. The van der Waals surface area contributed by atoms with Crippen molar-refractivity contribution in [2.24, 2.45) is 0 Å². The van der Waals surface area contributed by atoms with Crippen LogP contribution in [0.3, 0.4) is 0 Å². The molecule has 1 aliphatic carbocycles. The van der Waals surface area contributed by atoms with E-state index in [4.69, 9.17) is 11.6 Å². The van der Waals surface area contributed by atoms with Gasteiger partial charge in [0.2, 0.25) is 5.91 Å². The summed E-state index contributed by atoms with van der Waals surface area (Å²) in [5, 5.41) is 7.52. The van der Waals surface area contributed by atoms with E-state index in [1.807, 2.05) is 12.1 Å². The molecule has 4 heteroatoms. The lowest BCUT2D eigenvalue weighted by molar-refractivity contribution is -0.120. The zero-order chi connectivity index (χ0) is 15.7. The van der Waals surface area contributed by atoms with Crippen molar-refractivity contribution < 1.29 is 4.79 Å². The first-order valence-electron chi connectivity index (χ1n) is 7.55. The van der Waals surface area contributed by atoms with Crippen molar-refractivity contribution in [3.05, 3.63) is 34.9 Å². The van der Waals surface area contributed by atoms with Gasteiger partial charge in [0, 0.05) is 29.1 Å². The number of nitrogens with one attached hydrogen (secondary N) is 2. The minimum atomic E-state index is -0.200. The SMILES string of the molecule is CC(=O)NC(C)(C)C[C@H](C)NC1(c2ccc(Cl)cc2)CC1. The Morgan fingerprint density at radius 3 is 2.38 bits per heavy atom. The third-order valence-corrected chi connectivity index (χ3v) is 4.25. The van der Waals surface area contributed by atoms with Gasteiger partial charge in [-0.05, 0) is 57.7 Å². The number of rotatable bonds is 6. The molecular weight excluding hydrogens is 284 g/mol. The van der Waals surface area contributed by atoms with E-state index in [1.54, 1.807) is 6.92 Å². The van der Waals surface area contributed by atoms with Crippen LogP contribution in [0.5, 0.6) is 0 Å². The predicted molar refractivity (Wildman–Crippen MR) is 87.5 cm³/mol. The van der Waals surface area contributed by atoms with Gasteiger partial charge in [0.25, 0.3) is 0 Å². The highest BCUT2D eigenvalue weighted by molar-refractivity contribution is 6.30. The highest BCUT2D eigenvalue weighted by atomic mass is 35.5. The highest BCUT2D eigenvalue weighted by Crippen LogP contribution is 2.46. The minimum Gasteiger partial charge on any atom is -0.351 e. The molecule has 2 N–H and O–H groups in total. The van der Waals surface area contributed by atoms with Gasteiger partial charge in [0.15, 0.2) is 0 Å². The number of carbonyl (C=O) groups excluding carboxylic acids is 1. The number of hydrogen-bond acceptors (Lipinski definition) is 2. The average molecular weight is 309 g/mol. The van der Waals surface area contributed by atoms with E-state index in [-0.39, 0.29) is 17.0 Å². The maximum Gasteiger partial charge on any atom is 0.217 e. The molecule has 1 fully saturated rings. The second-order valence-corrected chi connectivity index (χ2v) is 7.34.